The zero-order valence-corrected chi connectivity index (χ0v) is 16.9. The van der Waals surface area contributed by atoms with Crippen LogP contribution in [0.2, 0.25) is 0 Å². The Morgan fingerprint density at radius 3 is 2.57 bits per heavy atom. The van der Waals surface area contributed by atoms with E-state index in [4.69, 9.17) is 4.74 Å². The maximum Gasteiger partial charge on any atom is 0.259 e. The fourth-order valence-corrected chi connectivity index (χ4v) is 3.71. The number of hydrogen-bond donors (Lipinski definition) is 1. The topological polar surface area (TPSA) is 58.6 Å². The highest BCUT2D eigenvalue weighted by molar-refractivity contribution is 6.06. The number of nitrogens with one attached hydrogen (secondary N) is 1. The minimum atomic E-state index is -0.216. The molecule has 152 valence electrons. The van der Waals surface area contributed by atoms with Crippen molar-refractivity contribution < 1.29 is 14.3 Å². The van der Waals surface area contributed by atoms with Crippen LogP contribution in [-0.4, -0.2) is 18.4 Å². The van der Waals surface area contributed by atoms with Crippen molar-refractivity contribution >= 4 is 23.2 Å². The number of anilines is 2. The van der Waals surface area contributed by atoms with Crippen LogP contribution in [0.5, 0.6) is 5.75 Å². The molecule has 4 rings (SSSR count). The molecule has 3 aromatic carbocycles. The number of nitrogens with zero attached hydrogens (tertiary/aromatic N) is 1. The minimum Gasteiger partial charge on any atom is -0.493 e. The lowest BCUT2D eigenvalue weighted by Gasteiger charge is -2.30. The molecule has 1 aliphatic heterocycles. The smallest absolute Gasteiger partial charge is 0.259 e. The van der Waals surface area contributed by atoms with Gasteiger partial charge in [-0.3, -0.25) is 9.59 Å². The minimum absolute atomic E-state index is 0.119. The molecule has 0 aromatic heterocycles. The first-order valence-corrected chi connectivity index (χ1v) is 10.2. The Morgan fingerprint density at radius 2 is 1.77 bits per heavy atom. The normalized spacial score (nSPS) is 13.0. The molecule has 0 unspecified atom stereocenters. The summed E-state index contributed by atoms with van der Waals surface area (Å²) in [5.41, 5.74) is 4.25. The van der Waals surface area contributed by atoms with E-state index in [1.807, 2.05) is 72.5 Å². The van der Waals surface area contributed by atoms with Crippen LogP contribution in [0.25, 0.3) is 0 Å². The maximum absolute atomic E-state index is 12.8. The van der Waals surface area contributed by atoms with Crippen molar-refractivity contribution in [3.05, 3.63) is 89.5 Å². The molecular formula is C25H24N2O3. The largest absolute Gasteiger partial charge is 0.493 e. The predicted molar refractivity (Wildman–Crippen MR) is 118 cm³/mol. The SMILES string of the molecule is CCOc1ccccc1C(=O)Nc1ccc2c(c1)CCC(=O)N2Cc1ccccc1. The molecule has 1 N–H and O–H groups in total. The second-order valence-corrected chi connectivity index (χ2v) is 7.19. The Labute approximate surface area is 176 Å². The van der Waals surface area contributed by atoms with Gasteiger partial charge in [0, 0.05) is 17.8 Å². The number of ether oxygens (including phenoxy) is 1. The first kappa shape index (κ1) is 19.7. The van der Waals surface area contributed by atoms with Crippen molar-refractivity contribution in [3.63, 3.8) is 0 Å². The molecule has 1 heterocycles. The number of fused-ring (bicyclic) bond motifs is 1. The molecule has 0 bridgehead atoms. The Morgan fingerprint density at radius 1 is 1.00 bits per heavy atom. The molecule has 5 nitrogen and oxygen atoms in total. The molecule has 0 fully saturated rings. The number of hydrogen-bond acceptors (Lipinski definition) is 3. The van der Waals surface area contributed by atoms with Gasteiger partial charge in [0.1, 0.15) is 5.75 Å². The average molecular weight is 400 g/mol. The van der Waals surface area contributed by atoms with E-state index < -0.39 is 0 Å². The highest BCUT2D eigenvalue weighted by Crippen LogP contribution is 2.32. The zero-order chi connectivity index (χ0) is 20.9. The van der Waals surface area contributed by atoms with E-state index in [1.54, 1.807) is 12.1 Å². The van der Waals surface area contributed by atoms with Gasteiger partial charge in [-0.15, -0.1) is 0 Å². The third-order valence-corrected chi connectivity index (χ3v) is 5.15. The number of amides is 2. The second kappa shape index (κ2) is 8.82. The van der Waals surface area contributed by atoms with Gasteiger partial charge in [-0.1, -0.05) is 42.5 Å². The van der Waals surface area contributed by atoms with E-state index in [0.29, 0.717) is 43.0 Å². The van der Waals surface area contributed by atoms with Crippen molar-refractivity contribution in [2.45, 2.75) is 26.3 Å². The van der Waals surface area contributed by atoms with Gasteiger partial charge in [-0.05, 0) is 54.8 Å². The third-order valence-electron chi connectivity index (χ3n) is 5.15. The van der Waals surface area contributed by atoms with Gasteiger partial charge >= 0.3 is 0 Å². The summed E-state index contributed by atoms with van der Waals surface area (Å²) in [5.74, 6) is 0.468. The number of benzene rings is 3. The van der Waals surface area contributed by atoms with E-state index in [1.165, 1.54) is 0 Å². The molecule has 0 saturated heterocycles. The number of carbonyl (C=O) groups is 2. The highest BCUT2D eigenvalue weighted by atomic mass is 16.5. The summed E-state index contributed by atoms with van der Waals surface area (Å²) in [6.45, 7) is 2.93. The molecule has 0 saturated carbocycles. The quantitative estimate of drug-likeness (QED) is 0.646. The lowest BCUT2D eigenvalue weighted by atomic mass is 9.99. The lowest BCUT2D eigenvalue weighted by Crippen LogP contribution is -2.34. The molecule has 1 aliphatic rings. The van der Waals surface area contributed by atoms with E-state index in [2.05, 4.69) is 5.32 Å². The number of rotatable bonds is 6. The molecule has 2 amide bonds. The fourth-order valence-electron chi connectivity index (χ4n) is 3.71. The Balaban J connectivity index is 1.55. The predicted octanol–water partition coefficient (Wildman–Crippen LogP) is 4.82. The second-order valence-electron chi connectivity index (χ2n) is 7.19. The van der Waals surface area contributed by atoms with Gasteiger partial charge in [0.15, 0.2) is 0 Å². The summed E-state index contributed by atoms with van der Waals surface area (Å²) in [4.78, 5) is 27.2. The summed E-state index contributed by atoms with van der Waals surface area (Å²) in [6, 6.07) is 22.9. The van der Waals surface area contributed by atoms with Gasteiger partial charge in [0.2, 0.25) is 5.91 Å². The van der Waals surface area contributed by atoms with E-state index in [0.717, 1.165) is 16.8 Å². The molecule has 5 heteroatoms. The van der Waals surface area contributed by atoms with Crippen molar-refractivity contribution in [2.24, 2.45) is 0 Å². The van der Waals surface area contributed by atoms with Crippen LogP contribution in [0.3, 0.4) is 0 Å². The monoisotopic (exact) mass is 400 g/mol. The number of carbonyl (C=O) groups excluding carboxylic acids is 2. The van der Waals surface area contributed by atoms with Crippen LogP contribution in [0, 0.1) is 0 Å². The van der Waals surface area contributed by atoms with Crippen LogP contribution in [0.4, 0.5) is 11.4 Å². The van der Waals surface area contributed by atoms with Gasteiger partial charge in [0.25, 0.3) is 5.91 Å². The van der Waals surface area contributed by atoms with Crippen molar-refractivity contribution in [3.8, 4) is 5.75 Å². The molecule has 0 atom stereocenters. The van der Waals surface area contributed by atoms with Crippen LogP contribution < -0.4 is 15.0 Å². The van der Waals surface area contributed by atoms with Crippen molar-refractivity contribution in [1.82, 2.24) is 0 Å². The van der Waals surface area contributed by atoms with Gasteiger partial charge < -0.3 is 15.0 Å². The number of aryl methyl sites for hydroxylation is 1. The fraction of sp³-hybridized carbons (Fsp3) is 0.200. The van der Waals surface area contributed by atoms with Crippen molar-refractivity contribution in [1.29, 1.82) is 0 Å². The summed E-state index contributed by atoms with van der Waals surface area (Å²) >= 11 is 0. The van der Waals surface area contributed by atoms with E-state index in [-0.39, 0.29) is 11.8 Å². The lowest BCUT2D eigenvalue weighted by molar-refractivity contribution is -0.119. The Bertz CT molecular complexity index is 1060. The van der Waals surface area contributed by atoms with Gasteiger partial charge in [0.05, 0.1) is 18.7 Å². The standard InChI is InChI=1S/C25H24N2O3/c1-2-30-23-11-7-6-10-21(23)25(29)26-20-13-14-22-19(16-20)12-15-24(28)27(22)17-18-8-4-3-5-9-18/h3-11,13-14,16H,2,12,15,17H2,1H3,(H,26,29). The molecule has 0 spiro atoms. The van der Waals surface area contributed by atoms with E-state index in [9.17, 15) is 9.59 Å². The molecule has 3 aromatic rings. The average Bonchev–Trinajstić information content (AvgIpc) is 2.77. The first-order chi connectivity index (χ1) is 14.7. The Kier molecular flexibility index (Phi) is 5.80. The summed E-state index contributed by atoms with van der Waals surface area (Å²) in [6.07, 6.45) is 1.13. The van der Waals surface area contributed by atoms with E-state index >= 15 is 0 Å². The number of para-hydroxylation sites is 1. The van der Waals surface area contributed by atoms with Gasteiger partial charge in [-0.25, -0.2) is 0 Å². The van der Waals surface area contributed by atoms with Crippen LogP contribution in [0.15, 0.2) is 72.8 Å². The first-order valence-electron chi connectivity index (χ1n) is 10.2. The third kappa shape index (κ3) is 4.20. The molecular weight excluding hydrogens is 376 g/mol. The molecule has 0 aliphatic carbocycles. The van der Waals surface area contributed by atoms with Crippen LogP contribution >= 0.6 is 0 Å². The molecule has 30 heavy (non-hydrogen) atoms. The zero-order valence-electron chi connectivity index (χ0n) is 16.9. The maximum atomic E-state index is 12.8. The highest BCUT2D eigenvalue weighted by Gasteiger charge is 2.24. The Hall–Kier alpha value is -3.60. The van der Waals surface area contributed by atoms with Crippen LogP contribution in [0.1, 0.15) is 34.8 Å². The summed E-state index contributed by atoms with van der Waals surface area (Å²) in [5, 5.41) is 2.96. The summed E-state index contributed by atoms with van der Waals surface area (Å²) < 4.78 is 5.56. The summed E-state index contributed by atoms with van der Waals surface area (Å²) in [7, 11) is 0. The molecule has 0 radical (unpaired) electrons. The van der Waals surface area contributed by atoms with Gasteiger partial charge in [-0.2, -0.15) is 0 Å². The van der Waals surface area contributed by atoms with Crippen molar-refractivity contribution in [2.75, 3.05) is 16.8 Å². The van der Waals surface area contributed by atoms with Crippen LogP contribution in [-0.2, 0) is 17.8 Å².